The van der Waals surface area contributed by atoms with E-state index in [9.17, 15) is 9.59 Å². The molecular formula is C24H14BrCl2NO2. The molecule has 1 heterocycles. The fourth-order valence-electron chi connectivity index (χ4n) is 5.57. The van der Waals surface area contributed by atoms with Crippen molar-refractivity contribution in [1.82, 2.24) is 0 Å². The Bertz CT molecular complexity index is 1230. The monoisotopic (exact) mass is 497 g/mol. The van der Waals surface area contributed by atoms with Gasteiger partial charge < -0.3 is 0 Å². The van der Waals surface area contributed by atoms with E-state index < -0.39 is 16.2 Å². The van der Waals surface area contributed by atoms with E-state index in [0.29, 0.717) is 15.7 Å². The molecule has 0 aromatic heterocycles. The molecule has 1 fully saturated rings. The lowest BCUT2D eigenvalue weighted by molar-refractivity contribution is -0.122. The molecule has 1 aliphatic heterocycles. The third-order valence-electron chi connectivity index (χ3n) is 6.66. The molecule has 3 nitrogen and oxygen atoms in total. The van der Waals surface area contributed by atoms with E-state index in [1.807, 2.05) is 24.3 Å². The Morgan fingerprint density at radius 2 is 1.43 bits per heavy atom. The van der Waals surface area contributed by atoms with Crippen LogP contribution in [0.1, 0.15) is 28.2 Å². The number of amides is 2. The molecular weight excluding hydrogens is 485 g/mol. The molecule has 0 saturated carbocycles. The summed E-state index contributed by atoms with van der Waals surface area (Å²) in [5.41, 5.74) is 4.63. The number of anilines is 1. The molecule has 3 aromatic carbocycles. The van der Waals surface area contributed by atoms with Gasteiger partial charge in [-0.3, -0.25) is 9.59 Å². The molecule has 0 unspecified atom stereocenters. The minimum absolute atomic E-state index is 0.179. The summed E-state index contributed by atoms with van der Waals surface area (Å²) in [5.74, 6) is -1.72. The van der Waals surface area contributed by atoms with Crippen LogP contribution in [0.15, 0.2) is 66.7 Å². The van der Waals surface area contributed by atoms with Gasteiger partial charge in [-0.25, -0.2) is 4.90 Å². The molecule has 2 amide bonds. The van der Waals surface area contributed by atoms with Gasteiger partial charge in [0.05, 0.1) is 26.9 Å². The maximum atomic E-state index is 13.8. The maximum absolute atomic E-state index is 13.8. The van der Waals surface area contributed by atoms with Gasteiger partial charge in [-0.05, 0) is 40.5 Å². The maximum Gasteiger partial charge on any atom is 0.239 e. The van der Waals surface area contributed by atoms with Gasteiger partial charge in [-0.2, -0.15) is 0 Å². The average molecular weight is 499 g/mol. The second-order valence-corrected chi connectivity index (χ2v) is 10.1. The first-order valence-electron chi connectivity index (χ1n) is 9.65. The zero-order valence-electron chi connectivity index (χ0n) is 15.5. The predicted molar refractivity (Wildman–Crippen MR) is 120 cm³/mol. The minimum Gasteiger partial charge on any atom is -0.274 e. The quantitative estimate of drug-likeness (QED) is 0.309. The van der Waals surface area contributed by atoms with Gasteiger partial charge in [0, 0.05) is 10.9 Å². The van der Waals surface area contributed by atoms with Crippen molar-refractivity contribution in [3.05, 3.63) is 99.0 Å². The van der Waals surface area contributed by atoms with Gasteiger partial charge in [-0.1, -0.05) is 87.7 Å². The molecule has 4 aliphatic rings. The zero-order chi connectivity index (χ0) is 20.8. The number of carbonyl (C=O) groups is 2. The van der Waals surface area contributed by atoms with Crippen molar-refractivity contribution < 1.29 is 9.59 Å². The molecule has 0 N–H and O–H groups in total. The number of hydrogen-bond acceptors (Lipinski definition) is 2. The summed E-state index contributed by atoms with van der Waals surface area (Å²) < 4.78 is -0.772. The lowest BCUT2D eigenvalue weighted by Crippen LogP contribution is -2.50. The molecule has 1 saturated heterocycles. The van der Waals surface area contributed by atoms with Crippen LogP contribution in [0.4, 0.5) is 5.69 Å². The third-order valence-corrected chi connectivity index (χ3v) is 8.57. The largest absolute Gasteiger partial charge is 0.274 e. The third kappa shape index (κ3) is 2.12. The first-order valence-corrected chi connectivity index (χ1v) is 11.2. The number of alkyl halides is 1. The molecule has 2 bridgehead atoms. The molecule has 148 valence electrons. The topological polar surface area (TPSA) is 37.4 Å². The molecule has 0 spiro atoms. The van der Waals surface area contributed by atoms with Crippen LogP contribution in [0.5, 0.6) is 0 Å². The van der Waals surface area contributed by atoms with E-state index >= 15 is 0 Å². The first kappa shape index (κ1) is 18.6. The van der Waals surface area contributed by atoms with Gasteiger partial charge in [0.2, 0.25) is 11.8 Å². The number of imide groups is 1. The molecule has 0 radical (unpaired) electrons. The Morgan fingerprint density at radius 3 is 2.07 bits per heavy atom. The van der Waals surface area contributed by atoms with Crippen LogP contribution in [-0.2, 0) is 13.9 Å². The van der Waals surface area contributed by atoms with Gasteiger partial charge >= 0.3 is 0 Å². The van der Waals surface area contributed by atoms with Crippen molar-refractivity contribution in [3.63, 3.8) is 0 Å². The Morgan fingerprint density at radius 1 is 0.833 bits per heavy atom. The number of carbonyl (C=O) groups excluding carboxylic acids is 2. The van der Waals surface area contributed by atoms with Crippen LogP contribution < -0.4 is 4.90 Å². The second kappa shape index (κ2) is 6.19. The summed E-state index contributed by atoms with van der Waals surface area (Å²) in [6.07, 6.45) is 0. The SMILES string of the molecule is O=C1[C@@H]2[C@@H](C(=O)N1c1cc(Cl)ccc1Cl)C1c3ccccc3C2(Br)c2ccccc21. The summed E-state index contributed by atoms with van der Waals surface area (Å²) in [6.45, 7) is 0. The standard InChI is InChI=1S/C24H14BrCl2NO2/c25-24-15-7-3-1-5-13(15)19(14-6-2-4-8-16(14)24)20-21(24)23(30)28(22(20)29)18-11-12(26)9-10-17(18)27/h1-11,19-21H/t19?,20-,21-,24?/m0/s1. The average Bonchev–Trinajstić information content (AvgIpc) is 3.02. The Balaban J connectivity index is 1.63. The molecule has 3 aliphatic carbocycles. The highest BCUT2D eigenvalue weighted by Gasteiger charge is 2.67. The first-order chi connectivity index (χ1) is 14.4. The fourth-order valence-corrected chi connectivity index (χ4v) is 7.14. The Labute approximate surface area is 191 Å². The zero-order valence-corrected chi connectivity index (χ0v) is 18.6. The minimum atomic E-state index is -0.772. The van der Waals surface area contributed by atoms with E-state index in [4.69, 9.17) is 23.2 Å². The van der Waals surface area contributed by atoms with Crippen LogP contribution >= 0.6 is 39.1 Å². The summed E-state index contributed by atoms with van der Waals surface area (Å²) in [5, 5.41) is 0.749. The van der Waals surface area contributed by atoms with Crippen LogP contribution in [-0.4, -0.2) is 11.8 Å². The number of benzene rings is 3. The lowest BCUT2D eigenvalue weighted by Gasteiger charge is -2.51. The van der Waals surface area contributed by atoms with Crippen LogP contribution in [0.2, 0.25) is 10.0 Å². The van der Waals surface area contributed by atoms with Crippen LogP contribution in [0, 0.1) is 11.8 Å². The van der Waals surface area contributed by atoms with Crippen molar-refractivity contribution in [2.45, 2.75) is 10.2 Å². The molecule has 6 heteroatoms. The number of hydrogen-bond donors (Lipinski definition) is 0. The van der Waals surface area contributed by atoms with Crippen molar-refractivity contribution in [1.29, 1.82) is 0 Å². The lowest BCUT2D eigenvalue weighted by atomic mass is 9.55. The summed E-state index contributed by atoms with van der Waals surface area (Å²) >= 11 is 16.5. The second-order valence-electron chi connectivity index (χ2n) is 7.98. The highest BCUT2D eigenvalue weighted by atomic mass is 79.9. The smallest absolute Gasteiger partial charge is 0.239 e. The van der Waals surface area contributed by atoms with Gasteiger partial charge in [0.1, 0.15) is 0 Å². The molecule has 3 aromatic rings. The van der Waals surface area contributed by atoms with Crippen molar-refractivity contribution in [2.75, 3.05) is 4.90 Å². The highest BCUT2D eigenvalue weighted by Crippen LogP contribution is 2.66. The number of halogens is 3. The van der Waals surface area contributed by atoms with Gasteiger partial charge in [-0.15, -0.1) is 0 Å². The fraction of sp³-hybridized carbons (Fsp3) is 0.167. The van der Waals surface area contributed by atoms with Gasteiger partial charge in [0.25, 0.3) is 0 Å². The molecule has 2 atom stereocenters. The van der Waals surface area contributed by atoms with E-state index in [-0.39, 0.29) is 17.7 Å². The Hall–Kier alpha value is -2.14. The van der Waals surface area contributed by atoms with Crippen LogP contribution in [0.3, 0.4) is 0 Å². The van der Waals surface area contributed by atoms with E-state index in [1.54, 1.807) is 18.2 Å². The van der Waals surface area contributed by atoms with E-state index in [2.05, 4.69) is 40.2 Å². The molecule has 7 rings (SSSR count). The summed E-state index contributed by atoms with van der Waals surface area (Å²) in [6, 6.07) is 21.0. The summed E-state index contributed by atoms with van der Waals surface area (Å²) in [4.78, 5) is 28.8. The normalized spacial score (nSPS) is 28.4. The number of nitrogens with zero attached hydrogens (tertiary/aromatic N) is 1. The van der Waals surface area contributed by atoms with Crippen molar-refractivity contribution >= 4 is 56.6 Å². The van der Waals surface area contributed by atoms with Gasteiger partial charge in [0.15, 0.2) is 0 Å². The van der Waals surface area contributed by atoms with Crippen molar-refractivity contribution in [3.8, 4) is 0 Å². The van der Waals surface area contributed by atoms with Crippen molar-refractivity contribution in [2.24, 2.45) is 11.8 Å². The van der Waals surface area contributed by atoms with Crippen LogP contribution in [0.25, 0.3) is 0 Å². The Kier molecular flexibility index (Phi) is 3.84. The van der Waals surface area contributed by atoms with E-state index in [1.165, 1.54) is 4.90 Å². The molecule has 30 heavy (non-hydrogen) atoms. The predicted octanol–water partition coefficient (Wildman–Crippen LogP) is 5.90. The summed E-state index contributed by atoms with van der Waals surface area (Å²) in [7, 11) is 0. The highest BCUT2D eigenvalue weighted by molar-refractivity contribution is 9.09. The number of rotatable bonds is 1. The van der Waals surface area contributed by atoms with E-state index in [0.717, 1.165) is 22.3 Å².